The van der Waals surface area contributed by atoms with Gasteiger partial charge in [0.15, 0.2) is 0 Å². The molecule has 4 aromatic carbocycles. The molecular formula is C38H36Cl2Zr. The van der Waals surface area contributed by atoms with E-state index >= 15 is 0 Å². The van der Waals surface area contributed by atoms with Crippen LogP contribution in [0.15, 0.2) is 157 Å². The quantitative estimate of drug-likeness (QED) is 0.182. The molecule has 0 fully saturated rings. The predicted octanol–water partition coefficient (Wildman–Crippen LogP) is 10.2. The molecule has 0 aromatic heterocycles. The fourth-order valence-electron chi connectivity index (χ4n) is 5.54. The number of benzene rings is 4. The molecule has 41 heavy (non-hydrogen) atoms. The number of allylic oxidation sites excluding steroid dienone is 8. The minimum atomic E-state index is -0.116. The molecule has 0 bridgehead atoms. The largest absolute Gasteiger partial charge is 2.00 e. The second kappa shape index (κ2) is 16.1. The van der Waals surface area contributed by atoms with E-state index in [9.17, 15) is 0 Å². The molecule has 0 nitrogen and oxygen atoms in total. The van der Waals surface area contributed by atoms with Gasteiger partial charge >= 0.3 is 26.2 Å². The molecule has 2 aliphatic carbocycles. The molecule has 206 valence electrons. The maximum absolute atomic E-state index is 3.50. The van der Waals surface area contributed by atoms with Crippen molar-refractivity contribution >= 4 is 24.8 Å². The van der Waals surface area contributed by atoms with Crippen molar-refractivity contribution in [2.45, 2.75) is 37.5 Å². The van der Waals surface area contributed by atoms with Crippen molar-refractivity contribution < 1.29 is 26.2 Å². The molecule has 2 aliphatic rings. The zero-order valence-electron chi connectivity index (χ0n) is 23.6. The molecule has 0 atom stereocenters. The minimum absolute atomic E-state index is 0. The molecule has 0 amide bonds. The molecule has 6 rings (SSSR count). The summed E-state index contributed by atoms with van der Waals surface area (Å²) in [4.78, 5) is 0. The standard InChI is InChI=1S/2C19H17.2ClH.Zr/c2*1-19(18-14-8-9-15-18,16-10-4-2-5-11-16)17-12-6-3-7-13-17;;;/h2*2-8,10-14H,9H2,1H3;2*1H;/q2*-1;;;+2. The second-order valence-electron chi connectivity index (χ2n) is 10.1. The van der Waals surface area contributed by atoms with Crippen LogP contribution in [0.1, 0.15) is 48.9 Å². The van der Waals surface area contributed by atoms with Crippen LogP contribution in [-0.4, -0.2) is 0 Å². The summed E-state index contributed by atoms with van der Waals surface area (Å²) in [5, 5.41) is 0. The molecule has 0 N–H and O–H groups in total. The summed E-state index contributed by atoms with van der Waals surface area (Å²) < 4.78 is 0. The van der Waals surface area contributed by atoms with Gasteiger partial charge in [0.1, 0.15) is 0 Å². The average molecular weight is 655 g/mol. The first-order chi connectivity index (χ1) is 18.6. The summed E-state index contributed by atoms with van der Waals surface area (Å²) in [6.07, 6.45) is 17.6. The van der Waals surface area contributed by atoms with Crippen molar-refractivity contribution in [3.8, 4) is 0 Å². The Morgan fingerprint density at radius 2 is 0.683 bits per heavy atom. The van der Waals surface area contributed by atoms with Crippen LogP contribution in [0.3, 0.4) is 0 Å². The van der Waals surface area contributed by atoms with Gasteiger partial charge in [-0.3, -0.25) is 12.2 Å². The van der Waals surface area contributed by atoms with Gasteiger partial charge in [0, 0.05) is 10.8 Å². The Labute approximate surface area is 278 Å². The second-order valence-corrected chi connectivity index (χ2v) is 10.1. The van der Waals surface area contributed by atoms with Gasteiger partial charge in [0.25, 0.3) is 0 Å². The van der Waals surface area contributed by atoms with E-state index in [0.717, 1.165) is 12.8 Å². The Bertz CT molecular complexity index is 1260. The summed E-state index contributed by atoms with van der Waals surface area (Å²) in [6, 6.07) is 42.7. The maximum atomic E-state index is 3.50. The Morgan fingerprint density at radius 3 is 0.878 bits per heavy atom. The molecule has 0 aliphatic heterocycles. The summed E-state index contributed by atoms with van der Waals surface area (Å²) in [7, 11) is 0. The molecular weight excluding hydrogens is 619 g/mol. The number of halogens is 2. The summed E-state index contributed by atoms with van der Waals surface area (Å²) in [5.74, 6) is 0. The van der Waals surface area contributed by atoms with Crippen LogP contribution in [0.25, 0.3) is 0 Å². The number of hydrogen-bond acceptors (Lipinski definition) is 0. The van der Waals surface area contributed by atoms with E-state index in [1.54, 1.807) is 0 Å². The maximum Gasteiger partial charge on any atom is 2.00 e. The van der Waals surface area contributed by atoms with Crippen molar-refractivity contribution in [3.05, 3.63) is 191 Å². The molecule has 0 unspecified atom stereocenters. The molecule has 0 saturated heterocycles. The van der Waals surface area contributed by atoms with Crippen LogP contribution in [0.4, 0.5) is 0 Å². The third-order valence-corrected chi connectivity index (χ3v) is 7.87. The van der Waals surface area contributed by atoms with Crippen molar-refractivity contribution in [3.63, 3.8) is 0 Å². The van der Waals surface area contributed by atoms with E-state index in [2.05, 4.69) is 172 Å². The van der Waals surface area contributed by atoms with E-state index in [-0.39, 0.29) is 61.8 Å². The first kappa shape index (κ1) is 34.5. The van der Waals surface area contributed by atoms with Crippen molar-refractivity contribution in [1.82, 2.24) is 0 Å². The van der Waals surface area contributed by atoms with E-state index in [1.807, 2.05) is 0 Å². The van der Waals surface area contributed by atoms with Gasteiger partial charge in [-0.1, -0.05) is 135 Å². The Hall–Kier alpha value is -2.70. The SMILES string of the molecule is CC(C1=[C-]CC=C1)(c1ccccc1)c1ccccc1.CC(C1=[C-]CC=C1)(c1ccccc1)c1ccccc1.Cl.Cl.[Zr+2]. The monoisotopic (exact) mass is 652 g/mol. The first-order valence-corrected chi connectivity index (χ1v) is 13.4. The molecule has 3 heteroatoms. The topological polar surface area (TPSA) is 0 Å². The van der Waals surface area contributed by atoms with Crippen LogP contribution in [-0.2, 0) is 37.0 Å². The number of hydrogen-bond donors (Lipinski definition) is 0. The van der Waals surface area contributed by atoms with Gasteiger partial charge in [-0.15, -0.1) is 37.7 Å². The van der Waals surface area contributed by atoms with Gasteiger partial charge in [-0.25, -0.2) is 23.3 Å². The molecule has 4 aromatic rings. The van der Waals surface area contributed by atoms with Crippen molar-refractivity contribution in [2.24, 2.45) is 0 Å². The zero-order valence-corrected chi connectivity index (χ0v) is 27.7. The fourth-order valence-corrected chi connectivity index (χ4v) is 5.54. The van der Waals surface area contributed by atoms with Crippen molar-refractivity contribution in [1.29, 1.82) is 0 Å². The first-order valence-electron chi connectivity index (χ1n) is 13.4. The Kier molecular flexibility index (Phi) is 13.5. The van der Waals surface area contributed by atoms with Gasteiger partial charge < -0.3 is 0 Å². The van der Waals surface area contributed by atoms with Gasteiger partial charge in [-0.05, 0) is 22.3 Å². The predicted molar refractivity (Wildman–Crippen MR) is 174 cm³/mol. The average Bonchev–Trinajstić information content (AvgIpc) is 3.75. The van der Waals surface area contributed by atoms with Gasteiger partial charge in [0.2, 0.25) is 0 Å². The molecule has 0 saturated carbocycles. The summed E-state index contributed by atoms with van der Waals surface area (Å²) in [5.41, 5.74) is 7.57. The molecule has 0 radical (unpaired) electrons. The van der Waals surface area contributed by atoms with Gasteiger partial charge in [-0.2, -0.15) is 12.2 Å². The van der Waals surface area contributed by atoms with Crippen LogP contribution in [0.5, 0.6) is 0 Å². The normalized spacial score (nSPS) is 13.4. The van der Waals surface area contributed by atoms with Crippen LogP contribution < -0.4 is 0 Å². The molecule has 0 spiro atoms. The fraction of sp³-hybridized carbons (Fsp3) is 0.158. The smallest absolute Gasteiger partial charge is 0.268 e. The van der Waals surface area contributed by atoms with E-state index < -0.39 is 0 Å². The van der Waals surface area contributed by atoms with Crippen LogP contribution >= 0.6 is 24.8 Å². The van der Waals surface area contributed by atoms with E-state index in [0.29, 0.717) is 0 Å². The summed E-state index contributed by atoms with van der Waals surface area (Å²) >= 11 is 0. The Balaban J connectivity index is 0.000000267. The number of rotatable bonds is 6. The van der Waals surface area contributed by atoms with Crippen molar-refractivity contribution in [2.75, 3.05) is 0 Å². The zero-order chi connectivity index (χ0) is 26.3. The van der Waals surface area contributed by atoms with E-state index in [1.165, 1.54) is 33.4 Å². The third-order valence-electron chi connectivity index (χ3n) is 7.87. The van der Waals surface area contributed by atoms with Crippen LogP contribution in [0, 0.1) is 12.2 Å². The molecule has 0 heterocycles. The van der Waals surface area contributed by atoms with E-state index in [4.69, 9.17) is 0 Å². The minimum Gasteiger partial charge on any atom is -0.268 e. The van der Waals surface area contributed by atoms with Gasteiger partial charge in [0.05, 0.1) is 0 Å². The summed E-state index contributed by atoms with van der Waals surface area (Å²) in [6.45, 7) is 4.57. The Morgan fingerprint density at radius 1 is 0.439 bits per heavy atom. The third kappa shape index (κ3) is 7.39. The van der Waals surface area contributed by atoms with Crippen LogP contribution in [0.2, 0.25) is 0 Å².